The summed E-state index contributed by atoms with van der Waals surface area (Å²) in [6, 6.07) is 8.77. The molecule has 1 heterocycles. The Morgan fingerprint density at radius 2 is 1.73 bits per heavy atom. The fraction of sp³-hybridized carbons (Fsp3) is 0.435. The van der Waals surface area contributed by atoms with Gasteiger partial charge in [0.15, 0.2) is 11.6 Å². The highest BCUT2D eigenvalue weighted by Gasteiger charge is 2.26. The minimum Gasteiger partial charge on any atom is -0.492 e. The first-order valence-electron chi connectivity index (χ1n) is 11.5. The Kier molecular flexibility index (Phi) is 9.81. The van der Waals surface area contributed by atoms with Crippen molar-refractivity contribution in [1.29, 1.82) is 0 Å². The van der Waals surface area contributed by atoms with Crippen LogP contribution in [0.5, 0.6) is 5.75 Å². The van der Waals surface area contributed by atoms with Gasteiger partial charge in [-0.05, 0) is 42.8 Å². The molecular formula is C23H29F2N3O7S2. The maximum atomic E-state index is 13.5. The van der Waals surface area contributed by atoms with Crippen LogP contribution in [0.3, 0.4) is 0 Å². The molecule has 2 aromatic rings. The largest absolute Gasteiger partial charge is 0.492 e. The quantitative estimate of drug-likeness (QED) is 0.392. The van der Waals surface area contributed by atoms with Gasteiger partial charge in [-0.1, -0.05) is 0 Å². The average molecular weight is 562 g/mol. The molecule has 2 aromatic carbocycles. The van der Waals surface area contributed by atoms with Gasteiger partial charge in [0.1, 0.15) is 12.4 Å². The summed E-state index contributed by atoms with van der Waals surface area (Å²) in [6.45, 7) is 1.53. The van der Waals surface area contributed by atoms with Gasteiger partial charge in [0, 0.05) is 32.1 Å². The maximum absolute atomic E-state index is 13.5. The number of carbonyl (C=O) groups is 1. The van der Waals surface area contributed by atoms with Gasteiger partial charge in [0.2, 0.25) is 26.0 Å². The highest BCUT2D eigenvalue weighted by Crippen LogP contribution is 2.22. The molecule has 0 unspecified atom stereocenters. The van der Waals surface area contributed by atoms with E-state index in [1.54, 1.807) is 0 Å². The number of ether oxygens (including phenoxy) is 2. The highest BCUT2D eigenvalue weighted by atomic mass is 32.2. The number of carbonyl (C=O) groups excluding carboxylic acids is 1. The van der Waals surface area contributed by atoms with Crippen LogP contribution in [0.15, 0.2) is 47.4 Å². The molecule has 0 radical (unpaired) electrons. The molecule has 1 fully saturated rings. The van der Waals surface area contributed by atoms with Crippen LogP contribution in [-0.4, -0.2) is 79.3 Å². The Balaban J connectivity index is 1.41. The van der Waals surface area contributed by atoms with E-state index in [4.69, 9.17) is 9.47 Å². The van der Waals surface area contributed by atoms with E-state index in [9.17, 15) is 30.4 Å². The molecule has 3 rings (SSSR count). The van der Waals surface area contributed by atoms with Crippen LogP contribution in [0.1, 0.15) is 12.8 Å². The topological polar surface area (TPSA) is 122 Å². The maximum Gasteiger partial charge on any atom is 0.243 e. The number of nitrogens with one attached hydrogen (secondary N) is 1. The lowest BCUT2D eigenvalue weighted by Crippen LogP contribution is -2.40. The minimum absolute atomic E-state index is 0.00376. The van der Waals surface area contributed by atoms with Crippen LogP contribution in [0.25, 0.3) is 0 Å². The van der Waals surface area contributed by atoms with Crippen LogP contribution < -0.4 is 14.4 Å². The van der Waals surface area contributed by atoms with Crippen LogP contribution in [-0.2, 0) is 29.6 Å². The van der Waals surface area contributed by atoms with Crippen LogP contribution in [0, 0.1) is 11.6 Å². The van der Waals surface area contributed by atoms with Crippen molar-refractivity contribution in [3.05, 3.63) is 54.1 Å². The Morgan fingerprint density at radius 1 is 1.05 bits per heavy atom. The molecule has 1 aliphatic heterocycles. The molecule has 0 aromatic heterocycles. The molecule has 14 heteroatoms. The SMILES string of the molecule is CS(=O)(=O)N(CCCC(=O)NCCOc1ccc(S(=O)(=O)N2CCOCC2)cc1)c1ccc(F)c(F)c1. The second kappa shape index (κ2) is 12.6. The smallest absolute Gasteiger partial charge is 0.243 e. The van der Waals surface area contributed by atoms with E-state index in [-0.39, 0.29) is 49.0 Å². The second-order valence-corrected chi connectivity index (χ2v) is 12.1. The predicted octanol–water partition coefficient (Wildman–Crippen LogP) is 1.73. The number of hydrogen-bond donors (Lipinski definition) is 1. The Morgan fingerprint density at radius 3 is 2.35 bits per heavy atom. The number of amides is 1. The molecule has 0 spiro atoms. The van der Waals surface area contributed by atoms with Gasteiger partial charge < -0.3 is 14.8 Å². The van der Waals surface area contributed by atoms with Gasteiger partial charge in [0.25, 0.3) is 0 Å². The van der Waals surface area contributed by atoms with E-state index < -0.39 is 31.7 Å². The molecule has 1 amide bonds. The number of halogens is 2. The molecule has 204 valence electrons. The van der Waals surface area contributed by atoms with E-state index >= 15 is 0 Å². The lowest BCUT2D eigenvalue weighted by molar-refractivity contribution is -0.121. The summed E-state index contributed by atoms with van der Waals surface area (Å²) in [6.07, 6.45) is 1.10. The van der Waals surface area contributed by atoms with Crippen LogP contribution in [0.2, 0.25) is 0 Å². The van der Waals surface area contributed by atoms with Gasteiger partial charge in [-0.2, -0.15) is 4.31 Å². The van der Waals surface area contributed by atoms with E-state index in [1.807, 2.05) is 0 Å². The van der Waals surface area contributed by atoms with Crippen molar-refractivity contribution in [3.8, 4) is 5.75 Å². The molecule has 0 aliphatic carbocycles. The molecule has 0 saturated carbocycles. The van der Waals surface area contributed by atoms with Gasteiger partial charge in [-0.25, -0.2) is 25.6 Å². The zero-order valence-electron chi connectivity index (χ0n) is 20.2. The lowest BCUT2D eigenvalue weighted by atomic mass is 10.2. The molecule has 37 heavy (non-hydrogen) atoms. The fourth-order valence-corrected chi connectivity index (χ4v) is 5.97. The van der Waals surface area contributed by atoms with Crippen LogP contribution in [0.4, 0.5) is 14.5 Å². The number of sulfonamides is 2. The number of anilines is 1. The molecule has 1 aliphatic rings. The fourth-order valence-electron chi connectivity index (χ4n) is 3.60. The van der Waals surface area contributed by atoms with Crippen molar-refractivity contribution in [2.45, 2.75) is 17.7 Å². The summed E-state index contributed by atoms with van der Waals surface area (Å²) in [5, 5.41) is 2.64. The zero-order valence-corrected chi connectivity index (χ0v) is 21.9. The third-order valence-electron chi connectivity index (χ3n) is 5.48. The van der Waals surface area contributed by atoms with Crippen molar-refractivity contribution in [2.24, 2.45) is 0 Å². The number of nitrogens with zero attached hydrogens (tertiary/aromatic N) is 2. The summed E-state index contributed by atoms with van der Waals surface area (Å²) in [7, 11) is -7.37. The van der Waals surface area contributed by atoms with Gasteiger partial charge in [0.05, 0.1) is 36.6 Å². The number of hydrogen-bond acceptors (Lipinski definition) is 7. The Bertz CT molecular complexity index is 1280. The normalized spacial score (nSPS) is 14.8. The van der Waals surface area contributed by atoms with Gasteiger partial charge >= 0.3 is 0 Å². The number of benzene rings is 2. The third-order valence-corrected chi connectivity index (χ3v) is 8.59. The summed E-state index contributed by atoms with van der Waals surface area (Å²) in [4.78, 5) is 12.3. The first-order chi connectivity index (χ1) is 17.5. The van der Waals surface area contributed by atoms with Gasteiger partial charge in [-0.15, -0.1) is 0 Å². The van der Waals surface area contributed by atoms with E-state index in [2.05, 4.69) is 5.32 Å². The van der Waals surface area contributed by atoms with E-state index in [0.29, 0.717) is 32.1 Å². The summed E-state index contributed by atoms with van der Waals surface area (Å²) < 4.78 is 89.1. The molecule has 1 saturated heterocycles. The predicted molar refractivity (Wildman–Crippen MR) is 132 cm³/mol. The number of morpholine rings is 1. The zero-order chi connectivity index (χ0) is 27.1. The van der Waals surface area contributed by atoms with Crippen molar-refractivity contribution in [1.82, 2.24) is 9.62 Å². The van der Waals surface area contributed by atoms with Gasteiger partial charge in [-0.3, -0.25) is 9.10 Å². The summed E-state index contributed by atoms with van der Waals surface area (Å²) in [5.74, 6) is -2.16. The van der Waals surface area contributed by atoms with Crippen molar-refractivity contribution >= 4 is 31.6 Å². The Hall–Kier alpha value is -2.81. The molecule has 10 nitrogen and oxygen atoms in total. The number of rotatable bonds is 12. The van der Waals surface area contributed by atoms with Crippen molar-refractivity contribution in [3.63, 3.8) is 0 Å². The summed E-state index contributed by atoms with van der Waals surface area (Å²) >= 11 is 0. The Labute approximate surface area is 215 Å². The van der Waals surface area contributed by atoms with E-state index in [0.717, 1.165) is 28.8 Å². The monoisotopic (exact) mass is 561 g/mol. The summed E-state index contributed by atoms with van der Waals surface area (Å²) in [5.41, 5.74) is -0.0287. The molecule has 0 atom stereocenters. The van der Waals surface area contributed by atoms with Crippen molar-refractivity contribution < 1.29 is 39.9 Å². The molecule has 0 bridgehead atoms. The third kappa shape index (κ3) is 8.09. The van der Waals surface area contributed by atoms with E-state index in [1.165, 1.54) is 28.6 Å². The molecule has 1 N–H and O–H groups in total. The van der Waals surface area contributed by atoms with Crippen LogP contribution >= 0.6 is 0 Å². The standard InChI is InChI=1S/C23H29F2N3O7S2/c1-36(30,31)28(18-4-9-21(24)22(25)17-18)11-2-3-23(29)26-10-14-35-19-5-7-20(8-6-19)37(32,33)27-12-15-34-16-13-27/h4-9,17H,2-3,10-16H2,1H3,(H,26,29). The minimum atomic E-state index is -3.77. The highest BCUT2D eigenvalue weighted by molar-refractivity contribution is 7.92. The molecular weight excluding hydrogens is 532 g/mol. The average Bonchev–Trinajstić information content (AvgIpc) is 2.86. The van der Waals surface area contributed by atoms with Crippen molar-refractivity contribution in [2.75, 3.05) is 56.6 Å². The lowest BCUT2D eigenvalue weighted by Gasteiger charge is -2.26. The first-order valence-corrected chi connectivity index (χ1v) is 14.8. The second-order valence-electron chi connectivity index (χ2n) is 8.22. The first kappa shape index (κ1) is 28.8.